The number of hydrogen-bond donors (Lipinski definition) is 2. The lowest BCUT2D eigenvalue weighted by Crippen LogP contribution is -2.23. The SMILES string of the molecule is C[C@@H]1CC[C@@H](O)[C@@H](O)CC1. The van der Waals surface area contributed by atoms with E-state index in [-0.39, 0.29) is 0 Å². The Morgan fingerprint density at radius 1 is 0.900 bits per heavy atom. The van der Waals surface area contributed by atoms with Crippen LogP contribution in [0.3, 0.4) is 0 Å². The summed E-state index contributed by atoms with van der Waals surface area (Å²) in [7, 11) is 0. The normalized spacial score (nSPS) is 42.9. The lowest BCUT2D eigenvalue weighted by Gasteiger charge is -2.12. The average Bonchev–Trinajstić information content (AvgIpc) is 2.04. The third kappa shape index (κ3) is 1.96. The molecule has 0 aromatic carbocycles. The van der Waals surface area contributed by atoms with Gasteiger partial charge in [0.25, 0.3) is 0 Å². The van der Waals surface area contributed by atoms with Gasteiger partial charge >= 0.3 is 0 Å². The first-order valence-electron chi connectivity index (χ1n) is 4.06. The topological polar surface area (TPSA) is 40.5 Å². The Labute approximate surface area is 61.9 Å². The Hall–Kier alpha value is -0.0800. The molecule has 0 aliphatic heterocycles. The average molecular weight is 144 g/mol. The van der Waals surface area contributed by atoms with Gasteiger partial charge in [-0.2, -0.15) is 0 Å². The van der Waals surface area contributed by atoms with Gasteiger partial charge in [-0.15, -0.1) is 0 Å². The zero-order chi connectivity index (χ0) is 7.56. The quantitative estimate of drug-likeness (QED) is 0.496. The lowest BCUT2D eigenvalue weighted by atomic mass is 10.0. The fourth-order valence-corrected chi connectivity index (χ4v) is 1.44. The molecule has 0 radical (unpaired) electrons. The van der Waals surface area contributed by atoms with E-state index < -0.39 is 12.2 Å². The third-order valence-electron chi connectivity index (χ3n) is 2.35. The predicted molar refractivity (Wildman–Crippen MR) is 39.6 cm³/mol. The first-order chi connectivity index (χ1) is 4.70. The number of rotatable bonds is 0. The molecule has 1 saturated carbocycles. The second-order valence-corrected chi connectivity index (χ2v) is 3.39. The molecular formula is C8H16O2. The van der Waals surface area contributed by atoms with E-state index in [9.17, 15) is 10.2 Å². The minimum atomic E-state index is -0.468. The van der Waals surface area contributed by atoms with E-state index >= 15 is 0 Å². The van der Waals surface area contributed by atoms with Crippen molar-refractivity contribution in [3.05, 3.63) is 0 Å². The molecule has 2 N–H and O–H groups in total. The highest BCUT2D eigenvalue weighted by Gasteiger charge is 2.21. The summed E-state index contributed by atoms with van der Waals surface area (Å²) in [6.45, 7) is 2.17. The Morgan fingerprint density at radius 2 is 1.30 bits per heavy atom. The molecular weight excluding hydrogens is 128 g/mol. The van der Waals surface area contributed by atoms with Crippen LogP contribution in [0.1, 0.15) is 32.6 Å². The fourth-order valence-electron chi connectivity index (χ4n) is 1.44. The van der Waals surface area contributed by atoms with E-state index in [2.05, 4.69) is 6.92 Å². The molecule has 0 amide bonds. The second-order valence-electron chi connectivity index (χ2n) is 3.39. The van der Waals surface area contributed by atoms with Gasteiger partial charge in [0.1, 0.15) is 0 Å². The maximum atomic E-state index is 9.23. The molecule has 0 spiro atoms. The van der Waals surface area contributed by atoms with Gasteiger partial charge in [0.15, 0.2) is 0 Å². The van der Waals surface area contributed by atoms with E-state index in [0.717, 1.165) is 25.7 Å². The summed E-state index contributed by atoms with van der Waals surface area (Å²) in [5.41, 5.74) is 0. The molecule has 10 heavy (non-hydrogen) atoms. The highest BCUT2D eigenvalue weighted by molar-refractivity contribution is 4.73. The summed E-state index contributed by atoms with van der Waals surface area (Å²) in [6.07, 6.45) is 2.70. The van der Waals surface area contributed by atoms with Crippen LogP contribution in [-0.4, -0.2) is 22.4 Å². The summed E-state index contributed by atoms with van der Waals surface area (Å²) in [6, 6.07) is 0. The molecule has 2 nitrogen and oxygen atoms in total. The summed E-state index contributed by atoms with van der Waals surface area (Å²) in [5.74, 6) is 0.673. The van der Waals surface area contributed by atoms with Crippen LogP contribution in [-0.2, 0) is 0 Å². The van der Waals surface area contributed by atoms with Gasteiger partial charge in [-0.1, -0.05) is 6.92 Å². The molecule has 1 aliphatic carbocycles. The molecule has 1 aliphatic rings. The number of aliphatic hydroxyl groups is 2. The molecule has 3 atom stereocenters. The molecule has 0 saturated heterocycles. The Bertz CT molecular complexity index is 91.4. The maximum absolute atomic E-state index is 9.23. The predicted octanol–water partition coefficient (Wildman–Crippen LogP) is 0.918. The van der Waals surface area contributed by atoms with Crippen molar-refractivity contribution in [1.82, 2.24) is 0 Å². The van der Waals surface area contributed by atoms with E-state index in [0.29, 0.717) is 5.92 Å². The standard InChI is InChI=1S/C8H16O2/c1-6-2-4-7(9)8(10)5-3-6/h6-10H,2-5H2,1H3/t6-,7-,8+. The Kier molecular flexibility index (Phi) is 2.69. The first kappa shape index (κ1) is 8.02. The monoisotopic (exact) mass is 144 g/mol. The highest BCUT2D eigenvalue weighted by atomic mass is 16.3. The van der Waals surface area contributed by atoms with Crippen molar-refractivity contribution in [2.75, 3.05) is 0 Å². The lowest BCUT2D eigenvalue weighted by molar-refractivity contribution is 0.0157. The first-order valence-corrected chi connectivity index (χ1v) is 4.06. The van der Waals surface area contributed by atoms with E-state index in [4.69, 9.17) is 0 Å². The van der Waals surface area contributed by atoms with Crippen LogP contribution in [0.5, 0.6) is 0 Å². The molecule has 0 aromatic rings. The van der Waals surface area contributed by atoms with Crippen molar-refractivity contribution in [1.29, 1.82) is 0 Å². The summed E-state index contributed by atoms with van der Waals surface area (Å²) >= 11 is 0. The van der Waals surface area contributed by atoms with Gasteiger partial charge in [-0.05, 0) is 31.6 Å². The van der Waals surface area contributed by atoms with Gasteiger partial charge in [-0.25, -0.2) is 0 Å². The molecule has 0 heterocycles. The van der Waals surface area contributed by atoms with Crippen molar-refractivity contribution in [3.63, 3.8) is 0 Å². The summed E-state index contributed by atoms with van der Waals surface area (Å²) < 4.78 is 0. The molecule has 0 aromatic heterocycles. The maximum Gasteiger partial charge on any atom is 0.0799 e. The Morgan fingerprint density at radius 3 is 1.70 bits per heavy atom. The van der Waals surface area contributed by atoms with Gasteiger partial charge in [-0.3, -0.25) is 0 Å². The van der Waals surface area contributed by atoms with Crippen LogP contribution in [0.15, 0.2) is 0 Å². The van der Waals surface area contributed by atoms with Crippen molar-refractivity contribution in [3.8, 4) is 0 Å². The zero-order valence-electron chi connectivity index (χ0n) is 6.45. The zero-order valence-corrected chi connectivity index (χ0v) is 6.45. The van der Waals surface area contributed by atoms with Crippen molar-refractivity contribution < 1.29 is 10.2 Å². The molecule has 2 heteroatoms. The van der Waals surface area contributed by atoms with Gasteiger partial charge in [0.05, 0.1) is 12.2 Å². The smallest absolute Gasteiger partial charge is 0.0799 e. The summed E-state index contributed by atoms with van der Waals surface area (Å²) in [4.78, 5) is 0. The van der Waals surface area contributed by atoms with E-state index in [1.54, 1.807) is 0 Å². The van der Waals surface area contributed by atoms with Crippen LogP contribution in [0.4, 0.5) is 0 Å². The third-order valence-corrected chi connectivity index (χ3v) is 2.35. The van der Waals surface area contributed by atoms with Gasteiger partial charge in [0, 0.05) is 0 Å². The van der Waals surface area contributed by atoms with E-state index in [1.807, 2.05) is 0 Å². The van der Waals surface area contributed by atoms with Crippen LogP contribution in [0, 0.1) is 5.92 Å². The largest absolute Gasteiger partial charge is 0.390 e. The fraction of sp³-hybridized carbons (Fsp3) is 1.00. The summed E-state index contributed by atoms with van der Waals surface area (Å²) in [5, 5.41) is 18.5. The molecule has 1 fully saturated rings. The van der Waals surface area contributed by atoms with Crippen LogP contribution in [0.2, 0.25) is 0 Å². The molecule has 0 bridgehead atoms. The molecule has 0 unspecified atom stereocenters. The van der Waals surface area contributed by atoms with Crippen LogP contribution >= 0.6 is 0 Å². The van der Waals surface area contributed by atoms with Crippen molar-refractivity contribution in [2.45, 2.75) is 44.8 Å². The molecule has 1 rings (SSSR count). The number of aliphatic hydroxyl groups excluding tert-OH is 2. The van der Waals surface area contributed by atoms with Gasteiger partial charge in [0.2, 0.25) is 0 Å². The van der Waals surface area contributed by atoms with Gasteiger partial charge < -0.3 is 10.2 Å². The molecule has 60 valence electrons. The van der Waals surface area contributed by atoms with E-state index in [1.165, 1.54) is 0 Å². The highest BCUT2D eigenvalue weighted by Crippen LogP contribution is 2.22. The second kappa shape index (κ2) is 3.35. The minimum Gasteiger partial charge on any atom is -0.390 e. The van der Waals surface area contributed by atoms with Crippen LogP contribution in [0.25, 0.3) is 0 Å². The Balaban J connectivity index is 2.38. The van der Waals surface area contributed by atoms with Crippen molar-refractivity contribution >= 4 is 0 Å². The number of hydrogen-bond acceptors (Lipinski definition) is 2. The minimum absolute atomic E-state index is 0.468. The van der Waals surface area contributed by atoms with Crippen LogP contribution < -0.4 is 0 Å². The van der Waals surface area contributed by atoms with Crippen molar-refractivity contribution in [2.24, 2.45) is 5.92 Å².